The molecule has 20 heavy (non-hydrogen) atoms. The predicted molar refractivity (Wildman–Crippen MR) is 89.6 cm³/mol. The van der Waals surface area contributed by atoms with Crippen molar-refractivity contribution in [1.29, 1.82) is 0 Å². The lowest BCUT2D eigenvalue weighted by molar-refractivity contribution is 1.12. The van der Waals surface area contributed by atoms with Crippen LogP contribution in [-0.4, -0.2) is 35.2 Å². The molecular formula is C17H23N3. The second kappa shape index (κ2) is 5.87. The molecule has 3 nitrogen and oxygen atoms in total. The third kappa shape index (κ3) is 3.05. The van der Waals surface area contributed by atoms with Crippen molar-refractivity contribution in [2.75, 3.05) is 49.9 Å². The van der Waals surface area contributed by atoms with E-state index in [2.05, 4.69) is 98.5 Å². The zero-order valence-corrected chi connectivity index (χ0v) is 13.0. The molecule has 0 atom stereocenters. The summed E-state index contributed by atoms with van der Waals surface area (Å²) in [6, 6.07) is 17.1. The maximum atomic E-state index is 2.19. The monoisotopic (exact) mass is 269 g/mol. The van der Waals surface area contributed by atoms with Gasteiger partial charge in [0.05, 0.1) is 0 Å². The maximum Gasteiger partial charge on any atom is 0.0409 e. The van der Waals surface area contributed by atoms with Gasteiger partial charge in [-0.2, -0.15) is 0 Å². The summed E-state index contributed by atoms with van der Waals surface area (Å²) < 4.78 is 0. The molecule has 106 valence electrons. The first kappa shape index (κ1) is 14.3. The Morgan fingerprint density at radius 2 is 0.700 bits per heavy atom. The first-order valence-corrected chi connectivity index (χ1v) is 6.77. The van der Waals surface area contributed by atoms with E-state index in [1.807, 2.05) is 0 Å². The van der Waals surface area contributed by atoms with Crippen molar-refractivity contribution < 1.29 is 0 Å². The summed E-state index contributed by atoms with van der Waals surface area (Å²) in [4.78, 5) is 6.41. The highest BCUT2D eigenvalue weighted by molar-refractivity contribution is 5.66. The Hall–Kier alpha value is -2.16. The van der Waals surface area contributed by atoms with Gasteiger partial charge in [-0.3, -0.25) is 0 Å². The second-order valence-corrected chi connectivity index (χ2v) is 5.38. The fourth-order valence-corrected chi connectivity index (χ4v) is 2.10. The molecule has 0 aliphatic carbocycles. The Labute approximate surface area is 122 Å². The summed E-state index contributed by atoms with van der Waals surface area (Å²) in [5, 5.41) is 0. The van der Waals surface area contributed by atoms with Crippen LogP contribution in [0.3, 0.4) is 0 Å². The van der Waals surface area contributed by atoms with Crippen molar-refractivity contribution in [2.45, 2.75) is 0 Å². The molecule has 0 fully saturated rings. The Balaban J connectivity index is 2.19. The van der Waals surface area contributed by atoms with Crippen LogP contribution in [0.1, 0.15) is 0 Å². The molecule has 0 amide bonds. The number of hydrogen-bond acceptors (Lipinski definition) is 3. The molecule has 3 heteroatoms. The smallest absolute Gasteiger partial charge is 0.0409 e. The van der Waals surface area contributed by atoms with E-state index in [0.717, 1.165) is 0 Å². The van der Waals surface area contributed by atoms with Crippen molar-refractivity contribution in [1.82, 2.24) is 0 Å². The molecule has 0 heterocycles. The molecule has 0 saturated carbocycles. The second-order valence-electron chi connectivity index (χ2n) is 5.38. The standard InChI is InChI=1S/C17H23N3/c1-18(2)14-6-10-16(11-7-14)20(5)17-12-8-15(9-13-17)19(3)4/h6-13H,1-5H3. The molecule has 2 rings (SSSR count). The summed E-state index contributed by atoms with van der Waals surface area (Å²) in [5.74, 6) is 0. The van der Waals surface area contributed by atoms with Crippen LogP contribution in [0.5, 0.6) is 0 Å². The highest BCUT2D eigenvalue weighted by atomic mass is 15.1. The third-order valence-corrected chi connectivity index (χ3v) is 3.51. The van der Waals surface area contributed by atoms with Crippen molar-refractivity contribution in [3.8, 4) is 0 Å². The van der Waals surface area contributed by atoms with Crippen LogP contribution in [-0.2, 0) is 0 Å². The quantitative estimate of drug-likeness (QED) is 0.840. The number of rotatable bonds is 4. The van der Waals surface area contributed by atoms with Crippen LogP contribution in [0.4, 0.5) is 22.7 Å². The number of anilines is 4. The lowest BCUT2D eigenvalue weighted by atomic mass is 10.2. The van der Waals surface area contributed by atoms with Crippen LogP contribution < -0.4 is 14.7 Å². The molecule has 0 saturated heterocycles. The molecule has 0 bridgehead atoms. The van der Waals surface area contributed by atoms with Gasteiger partial charge in [0.2, 0.25) is 0 Å². The summed E-state index contributed by atoms with van der Waals surface area (Å²) >= 11 is 0. The van der Waals surface area contributed by atoms with Gasteiger partial charge in [-0.05, 0) is 48.5 Å². The maximum absolute atomic E-state index is 2.19. The average Bonchev–Trinajstić information content (AvgIpc) is 2.46. The molecule has 0 N–H and O–H groups in total. The minimum absolute atomic E-state index is 1.19. The lowest BCUT2D eigenvalue weighted by Gasteiger charge is -2.22. The van der Waals surface area contributed by atoms with E-state index in [0.29, 0.717) is 0 Å². The van der Waals surface area contributed by atoms with Gasteiger partial charge in [0.25, 0.3) is 0 Å². The van der Waals surface area contributed by atoms with Crippen LogP contribution in [0, 0.1) is 0 Å². The van der Waals surface area contributed by atoms with Gasteiger partial charge >= 0.3 is 0 Å². The van der Waals surface area contributed by atoms with E-state index in [9.17, 15) is 0 Å². The summed E-state index contributed by atoms with van der Waals surface area (Å²) in [7, 11) is 10.3. The van der Waals surface area contributed by atoms with E-state index in [4.69, 9.17) is 0 Å². The normalized spacial score (nSPS) is 10.2. The van der Waals surface area contributed by atoms with Gasteiger partial charge in [0, 0.05) is 58.0 Å². The van der Waals surface area contributed by atoms with Gasteiger partial charge in [0.15, 0.2) is 0 Å². The van der Waals surface area contributed by atoms with E-state index in [-0.39, 0.29) is 0 Å². The molecule has 2 aromatic carbocycles. The largest absolute Gasteiger partial charge is 0.378 e. The lowest BCUT2D eigenvalue weighted by Crippen LogP contribution is -2.12. The van der Waals surface area contributed by atoms with Crippen LogP contribution in [0.15, 0.2) is 48.5 Å². The average molecular weight is 269 g/mol. The van der Waals surface area contributed by atoms with Gasteiger partial charge < -0.3 is 14.7 Å². The Morgan fingerprint density at radius 3 is 0.950 bits per heavy atom. The summed E-state index contributed by atoms with van der Waals surface area (Å²) in [6.07, 6.45) is 0. The predicted octanol–water partition coefficient (Wildman–Crippen LogP) is 3.59. The first-order chi connectivity index (χ1) is 9.49. The van der Waals surface area contributed by atoms with E-state index >= 15 is 0 Å². The molecule has 2 aromatic rings. The summed E-state index contributed by atoms with van der Waals surface area (Å²) in [5.41, 5.74) is 4.80. The first-order valence-electron chi connectivity index (χ1n) is 6.77. The Morgan fingerprint density at radius 1 is 0.450 bits per heavy atom. The topological polar surface area (TPSA) is 9.72 Å². The Kier molecular flexibility index (Phi) is 4.18. The number of hydrogen-bond donors (Lipinski definition) is 0. The molecule has 0 unspecified atom stereocenters. The minimum Gasteiger partial charge on any atom is -0.378 e. The zero-order chi connectivity index (χ0) is 14.7. The fraction of sp³-hybridized carbons (Fsp3) is 0.294. The van der Waals surface area contributed by atoms with Gasteiger partial charge in [-0.15, -0.1) is 0 Å². The van der Waals surface area contributed by atoms with Crippen molar-refractivity contribution in [3.05, 3.63) is 48.5 Å². The highest BCUT2D eigenvalue weighted by Crippen LogP contribution is 2.27. The van der Waals surface area contributed by atoms with Gasteiger partial charge in [-0.25, -0.2) is 0 Å². The summed E-state index contributed by atoms with van der Waals surface area (Å²) in [6.45, 7) is 0. The van der Waals surface area contributed by atoms with Crippen molar-refractivity contribution in [2.24, 2.45) is 0 Å². The molecule has 0 aliphatic rings. The molecule has 0 radical (unpaired) electrons. The van der Waals surface area contributed by atoms with Gasteiger partial charge in [0.1, 0.15) is 0 Å². The molecule has 0 aromatic heterocycles. The van der Waals surface area contributed by atoms with Crippen LogP contribution in [0.25, 0.3) is 0 Å². The number of benzene rings is 2. The molecular weight excluding hydrogens is 246 g/mol. The molecule has 0 spiro atoms. The molecule has 0 aliphatic heterocycles. The van der Waals surface area contributed by atoms with E-state index in [1.54, 1.807) is 0 Å². The van der Waals surface area contributed by atoms with E-state index in [1.165, 1.54) is 22.7 Å². The third-order valence-electron chi connectivity index (χ3n) is 3.51. The van der Waals surface area contributed by atoms with Crippen molar-refractivity contribution in [3.63, 3.8) is 0 Å². The number of nitrogens with zero attached hydrogens (tertiary/aromatic N) is 3. The highest BCUT2D eigenvalue weighted by Gasteiger charge is 2.05. The Bertz CT molecular complexity index is 490. The van der Waals surface area contributed by atoms with Gasteiger partial charge in [-0.1, -0.05) is 0 Å². The SMILES string of the molecule is CN(C)c1ccc(N(C)c2ccc(N(C)C)cc2)cc1. The van der Waals surface area contributed by atoms with Crippen LogP contribution in [0.2, 0.25) is 0 Å². The van der Waals surface area contributed by atoms with Crippen LogP contribution >= 0.6 is 0 Å². The van der Waals surface area contributed by atoms with Crippen molar-refractivity contribution >= 4 is 22.7 Å². The zero-order valence-electron chi connectivity index (χ0n) is 13.0. The minimum atomic E-state index is 1.19. The van der Waals surface area contributed by atoms with E-state index < -0.39 is 0 Å². The fourth-order valence-electron chi connectivity index (χ4n) is 2.10.